The molecule has 2 rings (SSSR count). The topological polar surface area (TPSA) is 52.6 Å². The molecule has 23 heavy (non-hydrogen) atoms. The molecule has 0 saturated carbocycles. The van der Waals surface area contributed by atoms with E-state index in [1.54, 1.807) is 25.1 Å². The highest BCUT2D eigenvalue weighted by molar-refractivity contribution is 6.10. The van der Waals surface area contributed by atoms with Crippen LogP contribution in [0.25, 0.3) is 0 Å². The van der Waals surface area contributed by atoms with Crippen LogP contribution >= 0.6 is 0 Å². The number of hydrogen-bond donors (Lipinski definition) is 0. The van der Waals surface area contributed by atoms with Crippen LogP contribution in [0.5, 0.6) is 5.75 Å². The molecule has 4 heteroatoms. The Morgan fingerprint density at radius 2 is 1.74 bits per heavy atom. The number of carbonyl (C=O) groups excluding carboxylic acids is 2. The van der Waals surface area contributed by atoms with Gasteiger partial charge in [0.15, 0.2) is 12.4 Å². The highest BCUT2D eigenvalue weighted by atomic mass is 16.6. The van der Waals surface area contributed by atoms with Gasteiger partial charge in [0.05, 0.1) is 6.61 Å². The second-order valence-electron chi connectivity index (χ2n) is 5.22. The molecule has 0 atom stereocenters. The van der Waals surface area contributed by atoms with Crippen molar-refractivity contribution in [1.82, 2.24) is 0 Å². The van der Waals surface area contributed by atoms with E-state index in [0.29, 0.717) is 23.5 Å². The summed E-state index contributed by atoms with van der Waals surface area (Å²) in [5, 5.41) is 0. The van der Waals surface area contributed by atoms with E-state index in [9.17, 15) is 9.59 Å². The molecule has 0 saturated heterocycles. The Morgan fingerprint density at radius 3 is 2.39 bits per heavy atom. The van der Waals surface area contributed by atoms with Gasteiger partial charge < -0.3 is 9.47 Å². The van der Waals surface area contributed by atoms with Gasteiger partial charge in [0.25, 0.3) is 0 Å². The standard InChI is InChI=1S/C19H20O4/c1-4-22-18(20)12-23-17-10-9-15(11-14(17)3)19(21)16-8-6-5-7-13(16)2/h5-11H,4,12H2,1-3H3. The number of esters is 1. The largest absolute Gasteiger partial charge is 0.482 e. The third kappa shape index (κ3) is 4.19. The van der Waals surface area contributed by atoms with Crippen LogP contribution in [0.1, 0.15) is 34.0 Å². The van der Waals surface area contributed by atoms with Crippen molar-refractivity contribution in [2.75, 3.05) is 13.2 Å². The van der Waals surface area contributed by atoms with Crippen molar-refractivity contribution in [3.8, 4) is 5.75 Å². The molecule has 0 amide bonds. The molecule has 120 valence electrons. The Labute approximate surface area is 136 Å². The zero-order valence-corrected chi connectivity index (χ0v) is 13.6. The van der Waals surface area contributed by atoms with Crippen molar-refractivity contribution < 1.29 is 19.1 Å². The predicted molar refractivity (Wildman–Crippen MR) is 87.9 cm³/mol. The summed E-state index contributed by atoms with van der Waals surface area (Å²) in [6, 6.07) is 12.7. The molecule has 2 aromatic carbocycles. The second-order valence-corrected chi connectivity index (χ2v) is 5.22. The zero-order chi connectivity index (χ0) is 16.8. The monoisotopic (exact) mass is 312 g/mol. The quantitative estimate of drug-likeness (QED) is 0.605. The van der Waals surface area contributed by atoms with Crippen LogP contribution in [0.15, 0.2) is 42.5 Å². The third-order valence-corrected chi connectivity index (χ3v) is 3.48. The van der Waals surface area contributed by atoms with E-state index in [0.717, 1.165) is 11.1 Å². The van der Waals surface area contributed by atoms with Gasteiger partial charge in [-0.3, -0.25) is 4.79 Å². The molecule has 0 spiro atoms. The molecule has 2 aromatic rings. The summed E-state index contributed by atoms with van der Waals surface area (Å²) < 4.78 is 10.2. The maximum absolute atomic E-state index is 12.6. The molecule has 0 fully saturated rings. The maximum Gasteiger partial charge on any atom is 0.344 e. The van der Waals surface area contributed by atoms with E-state index in [1.165, 1.54) is 0 Å². The fraction of sp³-hybridized carbons (Fsp3) is 0.263. The summed E-state index contributed by atoms with van der Waals surface area (Å²) in [6.07, 6.45) is 0. The molecule has 0 aliphatic rings. The van der Waals surface area contributed by atoms with E-state index in [4.69, 9.17) is 9.47 Å². The van der Waals surface area contributed by atoms with Crippen molar-refractivity contribution in [2.24, 2.45) is 0 Å². The van der Waals surface area contributed by atoms with E-state index < -0.39 is 5.97 Å². The van der Waals surface area contributed by atoms with Crippen molar-refractivity contribution in [3.63, 3.8) is 0 Å². The molecule has 0 heterocycles. The number of aryl methyl sites for hydroxylation is 2. The number of ether oxygens (including phenoxy) is 2. The van der Waals surface area contributed by atoms with Crippen LogP contribution in [-0.2, 0) is 9.53 Å². The van der Waals surface area contributed by atoms with Gasteiger partial charge in [-0.15, -0.1) is 0 Å². The van der Waals surface area contributed by atoms with Gasteiger partial charge in [0.1, 0.15) is 5.75 Å². The summed E-state index contributed by atoms with van der Waals surface area (Å²) in [5.41, 5.74) is 3.03. The molecule has 0 aliphatic carbocycles. The number of ketones is 1. The van der Waals surface area contributed by atoms with Crippen molar-refractivity contribution in [2.45, 2.75) is 20.8 Å². The smallest absolute Gasteiger partial charge is 0.344 e. The summed E-state index contributed by atoms with van der Waals surface area (Å²) in [4.78, 5) is 23.9. The predicted octanol–water partition coefficient (Wildman–Crippen LogP) is 3.48. The minimum Gasteiger partial charge on any atom is -0.482 e. The highest BCUT2D eigenvalue weighted by Crippen LogP contribution is 2.22. The number of rotatable bonds is 6. The Morgan fingerprint density at radius 1 is 1.00 bits per heavy atom. The first kappa shape index (κ1) is 16.7. The molecule has 0 aromatic heterocycles. The molecule has 0 N–H and O–H groups in total. The van der Waals surface area contributed by atoms with Gasteiger partial charge in [-0.05, 0) is 50.1 Å². The lowest BCUT2D eigenvalue weighted by Crippen LogP contribution is -2.15. The molecule has 0 unspecified atom stereocenters. The Balaban J connectivity index is 2.14. The second kappa shape index (κ2) is 7.58. The van der Waals surface area contributed by atoms with Crippen molar-refractivity contribution in [3.05, 3.63) is 64.7 Å². The van der Waals surface area contributed by atoms with Crippen LogP contribution in [0, 0.1) is 13.8 Å². The van der Waals surface area contributed by atoms with E-state index in [2.05, 4.69) is 0 Å². The Hall–Kier alpha value is -2.62. The van der Waals surface area contributed by atoms with Gasteiger partial charge in [-0.25, -0.2) is 4.79 Å². The minimum atomic E-state index is -0.410. The lowest BCUT2D eigenvalue weighted by atomic mass is 9.98. The molecular formula is C19H20O4. The molecule has 0 aliphatic heterocycles. The first-order valence-corrected chi connectivity index (χ1v) is 7.52. The molecular weight excluding hydrogens is 292 g/mol. The first-order valence-electron chi connectivity index (χ1n) is 7.52. The van der Waals surface area contributed by atoms with Gasteiger partial charge in [-0.2, -0.15) is 0 Å². The third-order valence-electron chi connectivity index (χ3n) is 3.48. The first-order chi connectivity index (χ1) is 11.0. The number of hydrogen-bond acceptors (Lipinski definition) is 4. The summed E-state index contributed by atoms with van der Waals surface area (Å²) >= 11 is 0. The van der Waals surface area contributed by atoms with Crippen LogP contribution in [0.2, 0.25) is 0 Å². The molecule has 0 radical (unpaired) electrons. The van der Waals surface area contributed by atoms with E-state index in [1.807, 2.05) is 38.1 Å². The zero-order valence-electron chi connectivity index (χ0n) is 13.6. The van der Waals surface area contributed by atoms with Gasteiger partial charge in [0.2, 0.25) is 0 Å². The molecule has 4 nitrogen and oxygen atoms in total. The fourth-order valence-electron chi connectivity index (χ4n) is 2.28. The van der Waals surface area contributed by atoms with Crippen LogP contribution in [-0.4, -0.2) is 25.0 Å². The SMILES string of the molecule is CCOC(=O)COc1ccc(C(=O)c2ccccc2C)cc1C. The lowest BCUT2D eigenvalue weighted by molar-refractivity contribution is -0.145. The van der Waals surface area contributed by atoms with Crippen LogP contribution in [0.3, 0.4) is 0 Å². The maximum atomic E-state index is 12.6. The Kier molecular flexibility index (Phi) is 5.52. The average molecular weight is 312 g/mol. The summed E-state index contributed by atoms with van der Waals surface area (Å²) in [5.74, 6) is 0.134. The minimum absolute atomic E-state index is 0.0249. The fourth-order valence-corrected chi connectivity index (χ4v) is 2.28. The summed E-state index contributed by atoms with van der Waals surface area (Å²) in [7, 11) is 0. The lowest BCUT2D eigenvalue weighted by Gasteiger charge is -2.10. The molecule has 0 bridgehead atoms. The Bertz CT molecular complexity index is 719. The van der Waals surface area contributed by atoms with E-state index >= 15 is 0 Å². The number of benzene rings is 2. The van der Waals surface area contributed by atoms with Gasteiger partial charge >= 0.3 is 5.97 Å². The average Bonchev–Trinajstić information content (AvgIpc) is 2.54. The van der Waals surface area contributed by atoms with Crippen LogP contribution < -0.4 is 4.74 Å². The summed E-state index contributed by atoms with van der Waals surface area (Å²) in [6.45, 7) is 5.69. The number of carbonyl (C=O) groups is 2. The normalized spacial score (nSPS) is 10.2. The van der Waals surface area contributed by atoms with Crippen molar-refractivity contribution >= 4 is 11.8 Å². The van der Waals surface area contributed by atoms with E-state index in [-0.39, 0.29) is 12.4 Å². The highest BCUT2D eigenvalue weighted by Gasteiger charge is 2.13. The van der Waals surface area contributed by atoms with Gasteiger partial charge in [-0.1, -0.05) is 24.3 Å². The van der Waals surface area contributed by atoms with Crippen molar-refractivity contribution in [1.29, 1.82) is 0 Å². The van der Waals surface area contributed by atoms with Gasteiger partial charge in [0, 0.05) is 11.1 Å². The van der Waals surface area contributed by atoms with Crippen LogP contribution in [0.4, 0.5) is 0 Å².